The lowest BCUT2D eigenvalue weighted by atomic mass is 9.95. The standard InChI is InChI=1S/C26H32N2O6S2/c1-3-34-26(30)24-19-9-5-6-10-21(19)35-25(24)27-23(29)14-12-18-11-13-20(33-2)22(17-18)36(31,32)28-15-7-4-8-16-28/h11-14,17H,3-10,15-16H2,1-2H3,(H,27,29)/b14-12+. The Morgan fingerprint density at radius 2 is 1.86 bits per heavy atom. The third-order valence-electron chi connectivity index (χ3n) is 6.44. The highest BCUT2D eigenvalue weighted by atomic mass is 32.2. The number of sulfonamides is 1. The van der Waals surface area contributed by atoms with Crippen LogP contribution in [-0.2, 0) is 32.4 Å². The van der Waals surface area contributed by atoms with Crippen molar-refractivity contribution in [3.05, 3.63) is 45.8 Å². The van der Waals surface area contributed by atoms with Crippen LogP contribution in [0.2, 0.25) is 0 Å². The minimum absolute atomic E-state index is 0.0880. The number of ether oxygens (including phenoxy) is 2. The highest BCUT2D eigenvalue weighted by Crippen LogP contribution is 2.38. The lowest BCUT2D eigenvalue weighted by Gasteiger charge is -2.26. The van der Waals surface area contributed by atoms with Gasteiger partial charge in [0, 0.05) is 24.0 Å². The van der Waals surface area contributed by atoms with Crippen LogP contribution >= 0.6 is 11.3 Å². The smallest absolute Gasteiger partial charge is 0.341 e. The summed E-state index contributed by atoms with van der Waals surface area (Å²) in [6, 6.07) is 4.83. The summed E-state index contributed by atoms with van der Waals surface area (Å²) in [6.07, 6.45) is 9.33. The maximum atomic E-state index is 13.2. The van der Waals surface area contributed by atoms with Crippen molar-refractivity contribution >= 4 is 44.3 Å². The monoisotopic (exact) mass is 532 g/mol. The van der Waals surface area contributed by atoms with Gasteiger partial charge in [-0.25, -0.2) is 13.2 Å². The van der Waals surface area contributed by atoms with Gasteiger partial charge >= 0.3 is 5.97 Å². The Balaban J connectivity index is 1.56. The van der Waals surface area contributed by atoms with Crippen molar-refractivity contribution < 1.29 is 27.5 Å². The first kappa shape index (κ1) is 26.4. The molecule has 0 bridgehead atoms. The van der Waals surface area contributed by atoms with E-state index in [2.05, 4.69) is 5.32 Å². The molecule has 1 fully saturated rings. The van der Waals surface area contributed by atoms with Crippen LogP contribution in [0.15, 0.2) is 29.2 Å². The number of nitrogens with one attached hydrogen (secondary N) is 1. The fraction of sp³-hybridized carbons (Fsp3) is 0.462. The summed E-state index contributed by atoms with van der Waals surface area (Å²) < 4.78 is 38.6. The van der Waals surface area contributed by atoms with Crippen LogP contribution in [0.25, 0.3) is 6.08 Å². The number of carbonyl (C=O) groups excluding carboxylic acids is 2. The molecule has 0 spiro atoms. The van der Waals surface area contributed by atoms with Crippen LogP contribution in [0.5, 0.6) is 5.75 Å². The van der Waals surface area contributed by atoms with E-state index in [4.69, 9.17) is 9.47 Å². The number of fused-ring (bicyclic) bond motifs is 1. The predicted octanol–water partition coefficient (Wildman–Crippen LogP) is 4.64. The minimum atomic E-state index is -3.71. The number of methoxy groups -OCH3 is 1. The molecule has 0 atom stereocenters. The summed E-state index contributed by atoms with van der Waals surface area (Å²) in [6.45, 7) is 2.99. The first-order valence-electron chi connectivity index (χ1n) is 12.3. The molecule has 4 rings (SSSR count). The first-order valence-corrected chi connectivity index (χ1v) is 14.6. The van der Waals surface area contributed by atoms with E-state index in [-0.39, 0.29) is 17.3 Å². The van der Waals surface area contributed by atoms with Gasteiger partial charge in [-0.05, 0) is 74.8 Å². The molecular weight excluding hydrogens is 500 g/mol. The molecule has 1 aliphatic heterocycles. The van der Waals surface area contributed by atoms with Crippen molar-refractivity contribution in [2.75, 3.05) is 32.1 Å². The normalized spacial score (nSPS) is 16.5. The van der Waals surface area contributed by atoms with Gasteiger partial charge in [0.1, 0.15) is 15.6 Å². The van der Waals surface area contributed by atoms with Gasteiger partial charge in [-0.15, -0.1) is 11.3 Å². The number of rotatable bonds is 8. The molecule has 1 aliphatic carbocycles. The van der Waals surface area contributed by atoms with Crippen LogP contribution < -0.4 is 10.1 Å². The zero-order valence-corrected chi connectivity index (χ0v) is 22.3. The summed E-state index contributed by atoms with van der Waals surface area (Å²) in [5.74, 6) is -0.556. The van der Waals surface area contributed by atoms with Crippen molar-refractivity contribution in [2.24, 2.45) is 0 Å². The van der Waals surface area contributed by atoms with Crippen molar-refractivity contribution in [1.82, 2.24) is 4.31 Å². The molecule has 1 N–H and O–H groups in total. The van der Waals surface area contributed by atoms with Crippen LogP contribution in [-0.4, -0.2) is 51.4 Å². The number of amides is 1. The minimum Gasteiger partial charge on any atom is -0.495 e. The van der Waals surface area contributed by atoms with E-state index in [9.17, 15) is 18.0 Å². The number of hydrogen-bond acceptors (Lipinski definition) is 7. The molecule has 0 radical (unpaired) electrons. The predicted molar refractivity (Wildman–Crippen MR) is 140 cm³/mol. The lowest BCUT2D eigenvalue weighted by Crippen LogP contribution is -2.35. The first-order chi connectivity index (χ1) is 17.3. The number of esters is 1. The molecule has 10 heteroatoms. The molecule has 1 aromatic heterocycles. The van der Waals surface area contributed by atoms with Crippen molar-refractivity contribution in [1.29, 1.82) is 0 Å². The van der Waals surface area contributed by atoms with E-state index in [1.165, 1.54) is 34.9 Å². The van der Waals surface area contributed by atoms with Gasteiger partial charge in [0.2, 0.25) is 15.9 Å². The summed E-state index contributed by atoms with van der Waals surface area (Å²) in [5.41, 5.74) is 1.99. The summed E-state index contributed by atoms with van der Waals surface area (Å²) in [7, 11) is -2.27. The van der Waals surface area contributed by atoms with E-state index in [1.54, 1.807) is 25.1 Å². The molecule has 2 heterocycles. The Bertz CT molecular complexity index is 1260. The Kier molecular flexibility index (Phi) is 8.48. The Morgan fingerprint density at radius 1 is 1.11 bits per heavy atom. The molecule has 1 amide bonds. The van der Waals surface area contributed by atoms with Crippen LogP contribution in [0.4, 0.5) is 5.00 Å². The highest BCUT2D eigenvalue weighted by Gasteiger charge is 2.29. The maximum absolute atomic E-state index is 13.2. The number of anilines is 1. The van der Waals surface area contributed by atoms with Gasteiger partial charge in [0.15, 0.2) is 0 Å². The molecule has 1 saturated heterocycles. The van der Waals surface area contributed by atoms with Gasteiger partial charge in [-0.2, -0.15) is 4.31 Å². The number of nitrogens with zero attached hydrogens (tertiary/aromatic N) is 1. The summed E-state index contributed by atoms with van der Waals surface area (Å²) in [5, 5.41) is 3.34. The largest absolute Gasteiger partial charge is 0.495 e. The van der Waals surface area contributed by atoms with E-state index in [0.717, 1.165) is 55.4 Å². The second-order valence-electron chi connectivity index (χ2n) is 8.83. The zero-order chi connectivity index (χ0) is 25.7. The average Bonchev–Trinajstić information content (AvgIpc) is 3.25. The molecule has 2 aromatic rings. The van der Waals surface area contributed by atoms with Gasteiger partial charge < -0.3 is 14.8 Å². The summed E-state index contributed by atoms with van der Waals surface area (Å²) >= 11 is 1.42. The molecule has 194 valence electrons. The number of piperidine rings is 1. The number of carbonyl (C=O) groups is 2. The van der Waals surface area contributed by atoms with E-state index >= 15 is 0 Å². The van der Waals surface area contributed by atoms with E-state index < -0.39 is 21.9 Å². The van der Waals surface area contributed by atoms with Crippen molar-refractivity contribution in [3.63, 3.8) is 0 Å². The average molecular weight is 533 g/mol. The lowest BCUT2D eigenvalue weighted by molar-refractivity contribution is -0.111. The molecule has 1 aromatic carbocycles. The number of thiophene rings is 1. The number of hydrogen-bond donors (Lipinski definition) is 1. The van der Waals surface area contributed by atoms with Crippen molar-refractivity contribution in [2.45, 2.75) is 56.8 Å². The summed E-state index contributed by atoms with van der Waals surface area (Å²) in [4.78, 5) is 26.6. The second kappa shape index (κ2) is 11.6. The van der Waals surface area contributed by atoms with Crippen LogP contribution in [0.1, 0.15) is 65.4 Å². The molecule has 0 saturated carbocycles. The molecule has 8 nitrogen and oxygen atoms in total. The molecule has 36 heavy (non-hydrogen) atoms. The van der Waals surface area contributed by atoms with Gasteiger partial charge in [0.25, 0.3) is 0 Å². The van der Waals surface area contributed by atoms with E-state index in [0.29, 0.717) is 29.2 Å². The van der Waals surface area contributed by atoms with Gasteiger partial charge in [0.05, 0.1) is 19.3 Å². The third-order valence-corrected chi connectivity index (χ3v) is 9.56. The third kappa shape index (κ3) is 5.66. The number of benzene rings is 1. The second-order valence-corrected chi connectivity index (χ2v) is 11.8. The maximum Gasteiger partial charge on any atom is 0.341 e. The molecule has 2 aliphatic rings. The fourth-order valence-corrected chi connectivity index (χ4v) is 7.63. The van der Waals surface area contributed by atoms with Crippen molar-refractivity contribution in [3.8, 4) is 5.75 Å². The van der Waals surface area contributed by atoms with E-state index in [1.807, 2.05) is 0 Å². The SMILES string of the molecule is CCOC(=O)c1c(NC(=O)/C=C/c2ccc(OC)c(S(=O)(=O)N3CCCCC3)c2)sc2c1CCCC2. The zero-order valence-electron chi connectivity index (χ0n) is 20.7. The Hall–Kier alpha value is -2.69. The quantitative estimate of drug-likeness (QED) is 0.393. The van der Waals surface area contributed by atoms with Gasteiger partial charge in [-0.1, -0.05) is 12.5 Å². The number of aryl methyl sites for hydroxylation is 1. The fourth-order valence-electron chi connectivity index (χ4n) is 4.64. The highest BCUT2D eigenvalue weighted by molar-refractivity contribution is 7.89. The molecule has 0 unspecified atom stereocenters. The Morgan fingerprint density at radius 3 is 2.58 bits per heavy atom. The Labute approximate surface area is 216 Å². The van der Waals surface area contributed by atoms with Gasteiger partial charge in [-0.3, -0.25) is 4.79 Å². The topological polar surface area (TPSA) is 102 Å². The molecular formula is C26H32N2O6S2. The van der Waals surface area contributed by atoms with Crippen LogP contribution in [0, 0.1) is 0 Å². The van der Waals surface area contributed by atoms with Crippen LogP contribution in [0.3, 0.4) is 0 Å².